The smallest absolute Gasteiger partial charge is 0.336 e. The molecule has 7 rings (SSSR count). The summed E-state index contributed by atoms with van der Waals surface area (Å²) in [6, 6.07) is 7.42. The van der Waals surface area contributed by atoms with Crippen LogP contribution in [0.5, 0.6) is 0 Å². The zero-order valence-electron chi connectivity index (χ0n) is 21.2. The van der Waals surface area contributed by atoms with E-state index in [0.717, 1.165) is 62.1 Å². The predicted octanol–water partition coefficient (Wildman–Crippen LogP) is 3.04. The van der Waals surface area contributed by atoms with Gasteiger partial charge in [-0.05, 0) is 81.4 Å². The summed E-state index contributed by atoms with van der Waals surface area (Å²) in [4.78, 5) is 27.1. The maximum absolute atomic E-state index is 13.4. The number of esters is 1. The Morgan fingerprint density at radius 2 is 2.11 bits per heavy atom. The van der Waals surface area contributed by atoms with Gasteiger partial charge in [0.2, 0.25) is 5.91 Å². The molecular weight excluding hydrogens is 454 g/mol. The van der Waals surface area contributed by atoms with Crippen LogP contribution in [-0.4, -0.2) is 51.0 Å². The molecule has 5 aliphatic rings. The average molecular weight is 488 g/mol. The first-order valence-electron chi connectivity index (χ1n) is 13.4. The molecule has 0 radical (unpaired) electrons. The predicted molar refractivity (Wildman–Crippen MR) is 132 cm³/mol. The zero-order chi connectivity index (χ0) is 24.8. The van der Waals surface area contributed by atoms with Gasteiger partial charge in [-0.2, -0.15) is 0 Å². The number of likely N-dealkylation sites (tertiary alicyclic amines) is 1. The van der Waals surface area contributed by atoms with E-state index in [9.17, 15) is 9.59 Å². The second kappa shape index (κ2) is 7.75. The number of fused-ring (bicyclic) bond motifs is 4. The average Bonchev–Trinajstić information content (AvgIpc) is 3.14. The lowest BCUT2D eigenvalue weighted by molar-refractivity contribution is -0.137. The molecular formula is C28H33N5O3. The fraction of sp³-hybridized carbons (Fsp3) is 0.571. The molecule has 5 atom stereocenters. The molecule has 3 fully saturated rings. The molecule has 2 saturated carbocycles. The van der Waals surface area contributed by atoms with E-state index in [1.54, 1.807) is 6.92 Å². The SMILES string of the molecule is CCc1nnn2c1CCc1cc(C(C)NC3CCC45C(=O)N(C6=C(C)C(=O)OC6)CC4C5C3)ccc1-2. The summed E-state index contributed by atoms with van der Waals surface area (Å²) in [5, 5.41) is 12.7. The molecule has 2 aromatic rings. The van der Waals surface area contributed by atoms with Crippen molar-refractivity contribution in [3.05, 3.63) is 52.0 Å². The van der Waals surface area contributed by atoms with E-state index in [0.29, 0.717) is 23.5 Å². The quantitative estimate of drug-likeness (QED) is 0.652. The monoisotopic (exact) mass is 487 g/mol. The minimum Gasteiger partial charge on any atom is -0.456 e. The molecule has 8 heteroatoms. The minimum atomic E-state index is -0.288. The van der Waals surface area contributed by atoms with Crippen molar-refractivity contribution in [3.8, 4) is 5.69 Å². The highest BCUT2D eigenvalue weighted by atomic mass is 16.5. The summed E-state index contributed by atoms with van der Waals surface area (Å²) in [6.07, 6.45) is 5.93. The number of benzene rings is 1. The Bertz CT molecular complexity index is 1330. The second-order valence-corrected chi connectivity index (χ2v) is 11.3. The lowest BCUT2D eigenvalue weighted by atomic mass is 9.84. The van der Waals surface area contributed by atoms with E-state index in [4.69, 9.17) is 4.74 Å². The van der Waals surface area contributed by atoms with Crippen LogP contribution < -0.4 is 5.32 Å². The van der Waals surface area contributed by atoms with Gasteiger partial charge in [0.05, 0.1) is 33.8 Å². The number of rotatable bonds is 5. The summed E-state index contributed by atoms with van der Waals surface area (Å²) in [5.41, 5.74) is 7.35. The van der Waals surface area contributed by atoms with Crippen molar-refractivity contribution in [1.82, 2.24) is 25.2 Å². The standard InChI is InChI=1S/C28H33N5O3/c1-4-22-24-8-6-18-11-17(5-7-23(18)33(24)31-30-22)16(3)29-19-9-10-28-20(12-19)21(28)13-32(27(28)35)25-14-36-26(34)15(25)2/h5,7,11,16,19-21,29H,4,6,8-10,12-14H2,1-3H3. The van der Waals surface area contributed by atoms with E-state index in [1.165, 1.54) is 16.8 Å². The van der Waals surface area contributed by atoms with Crippen molar-refractivity contribution in [2.75, 3.05) is 13.2 Å². The number of hydrogen-bond acceptors (Lipinski definition) is 6. The van der Waals surface area contributed by atoms with E-state index < -0.39 is 0 Å². The zero-order valence-corrected chi connectivity index (χ0v) is 21.2. The first-order chi connectivity index (χ1) is 17.4. The Morgan fingerprint density at radius 1 is 1.25 bits per heavy atom. The molecule has 188 valence electrons. The van der Waals surface area contributed by atoms with Gasteiger partial charge in [-0.15, -0.1) is 5.10 Å². The number of piperidine rings is 1. The Labute approximate surface area is 211 Å². The number of nitrogens with one attached hydrogen (secondary N) is 1. The normalized spacial score (nSPS) is 31.1. The number of nitrogens with zero attached hydrogens (tertiary/aromatic N) is 4. The minimum absolute atomic E-state index is 0.195. The van der Waals surface area contributed by atoms with Crippen molar-refractivity contribution in [2.24, 2.45) is 17.3 Å². The number of hydrogen-bond donors (Lipinski definition) is 1. The van der Waals surface area contributed by atoms with Crippen molar-refractivity contribution in [1.29, 1.82) is 0 Å². The van der Waals surface area contributed by atoms with Crippen LogP contribution in [-0.2, 0) is 33.6 Å². The summed E-state index contributed by atoms with van der Waals surface area (Å²) < 4.78 is 7.18. The third-order valence-electron chi connectivity index (χ3n) is 9.70. The fourth-order valence-corrected chi connectivity index (χ4v) is 7.60. The summed E-state index contributed by atoms with van der Waals surface area (Å²) >= 11 is 0. The summed E-state index contributed by atoms with van der Waals surface area (Å²) in [6.45, 7) is 7.13. The number of cyclic esters (lactones) is 1. The Balaban J connectivity index is 1.02. The highest BCUT2D eigenvalue weighted by Gasteiger charge is 2.75. The third kappa shape index (κ3) is 2.97. The molecule has 1 aromatic carbocycles. The highest BCUT2D eigenvalue weighted by Crippen LogP contribution is 2.71. The number of carbonyl (C=O) groups is 2. The molecule has 8 nitrogen and oxygen atoms in total. The van der Waals surface area contributed by atoms with E-state index in [1.807, 2.05) is 9.58 Å². The van der Waals surface area contributed by atoms with Gasteiger partial charge in [-0.1, -0.05) is 24.3 Å². The number of carbonyl (C=O) groups excluding carboxylic acids is 2. The van der Waals surface area contributed by atoms with Crippen molar-refractivity contribution in [2.45, 2.75) is 71.4 Å². The second-order valence-electron chi connectivity index (χ2n) is 11.3. The van der Waals surface area contributed by atoms with Crippen LogP contribution in [0.4, 0.5) is 0 Å². The van der Waals surface area contributed by atoms with Gasteiger partial charge in [0.1, 0.15) is 6.61 Å². The van der Waals surface area contributed by atoms with Gasteiger partial charge >= 0.3 is 5.97 Å². The highest BCUT2D eigenvalue weighted by molar-refractivity contribution is 5.96. The Morgan fingerprint density at radius 3 is 2.89 bits per heavy atom. The van der Waals surface area contributed by atoms with E-state index in [-0.39, 0.29) is 29.9 Å². The Hall–Kier alpha value is -3.00. The van der Waals surface area contributed by atoms with Crippen LogP contribution in [0, 0.1) is 17.3 Å². The first-order valence-corrected chi connectivity index (χ1v) is 13.4. The van der Waals surface area contributed by atoms with Crippen LogP contribution in [0.25, 0.3) is 5.69 Å². The lowest BCUT2D eigenvalue weighted by Gasteiger charge is -2.32. The van der Waals surface area contributed by atoms with Crippen molar-refractivity contribution in [3.63, 3.8) is 0 Å². The van der Waals surface area contributed by atoms with Gasteiger partial charge in [0, 0.05) is 18.6 Å². The lowest BCUT2D eigenvalue weighted by Crippen LogP contribution is -2.41. The molecule has 36 heavy (non-hydrogen) atoms. The maximum Gasteiger partial charge on any atom is 0.336 e. The van der Waals surface area contributed by atoms with Crippen molar-refractivity contribution < 1.29 is 14.3 Å². The van der Waals surface area contributed by atoms with E-state index in [2.05, 4.69) is 47.7 Å². The fourth-order valence-electron chi connectivity index (χ4n) is 7.60. The topological polar surface area (TPSA) is 89.4 Å². The number of amides is 1. The van der Waals surface area contributed by atoms with Crippen LogP contribution in [0.2, 0.25) is 0 Å². The summed E-state index contributed by atoms with van der Waals surface area (Å²) in [5.74, 6) is 0.811. The van der Waals surface area contributed by atoms with Gasteiger partial charge in [-0.3, -0.25) is 4.79 Å². The molecule has 5 unspecified atom stereocenters. The maximum atomic E-state index is 13.4. The van der Waals surface area contributed by atoms with Crippen LogP contribution in [0.15, 0.2) is 29.5 Å². The van der Waals surface area contributed by atoms with Crippen LogP contribution in [0.1, 0.15) is 68.6 Å². The Kier molecular flexibility index (Phi) is 4.78. The number of ether oxygens (including phenoxy) is 1. The molecule has 0 bridgehead atoms. The number of aromatic nitrogens is 3. The molecule has 2 aliphatic carbocycles. The van der Waals surface area contributed by atoms with Crippen LogP contribution in [0.3, 0.4) is 0 Å². The van der Waals surface area contributed by atoms with E-state index >= 15 is 0 Å². The first kappa shape index (κ1) is 22.2. The molecule has 1 amide bonds. The molecule has 1 saturated heterocycles. The number of aryl methyl sites for hydroxylation is 2. The molecule has 1 aromatic heterocycles. The van der Waals surface area contributed by atoms with Gasteiger partial charge in [-0.25, -0.2) is 9.48 Å². The molecule has 1 spiro atoms. The van der Waals surface area contributed by atoms with Crippen LogP contribution >= 0.6 is 0 Å². The third-order valence-corrected chi connectivity index (χ3v) is 9.70. The van der Waals surface area contributed by atoms with Gasteiger partial charge in [0.25, 0.3) is 0 Å². The van der Waals surface area contributed by atoms with Crippen molar-refractivity contribution >= 4 is 11.9 Å². The molecule has 1 N–H and O–H groups in total. The van der Waals surface area contributed by atoms with Gasteiger partial charge < -0.3 is 15.0 Å². The molecule has 4 heterocycles. The largest absolute Gasteiger partial charge is 0.456 e. The summed E-state index contributed by atoms with van der Waals surface area (Å²) in [7, 11) is 0. The van der Waals surface area contributed by atoms with Gasteiger partial charge in [0.15, 0.2) is 0 Å². The molecule has 3 aliphatic heterocycles.